The van der Waals surface area contributed by atoms with Crippen LogP contribution in [-0.2, 0) is 22.5 Å². The summed E-state index contributed by atoms with van der Waals surface area (Å²) in [6, 6.07) is 0. The molecule has 1 heterocycles. The van der Waals surface area contributed by atoms with Crippen LogP contribution in [-0.4, -0.2) is 18.1 Å². The molecule has 0 atom stereocenters. The van der Waals surface area contributed by atoms with Crippen LogP contribution >= 0.6 is 22.6 Å². The number of carbonyl (C=O) groups excluding carboxylic acids is 1. The van der Waals surface area contributed by atoms with Gasteiger partial charge in [0.2, 0.25) is 0 Å². The average Bonchev–Trinajstić information content (AvgIpc) is 2.28. The number of hydrogen-bond donors (Lipinski definition) is 1. The number of methoxy groups -OCH3 is 1. The number of pyridine rings is 1. The first kappa shape index (κ1) is 14.2. The number of halogens is 3. The Morgan fingerprint density at radius 2 is 2.29 bits per heavy atom. The second-order valence-corrected chi connectivity index (χ2v) is 4.30. The number of esters is 1. The predicted octanol–water partition coefficient (Wildman–Crippen LogP) is 1.80. The molecule has 1 aromatic rings. The Hall–Kier alpha value is -0.830. The summed E-state index contributed by atoms with van der Waals surface area (Å²) in [6.45, 7) is 0.0762. The average molecular weight is 356 g/mol. The van der Waals surface area contributed by atoms with Crippen molar-refractivity contribution in [1.29, 1.82) is 0 Å². The highest BCUT2D eigenvalue weighted by Gasteiger charge is 2.19. The highest BCUT2D eigenvalue weighted by Crippen LogP contribution is 2.27. The van der Waals surface area contributed by atoms with E-state index in [1.165, 1.54) is 13.3 Å². The van der Waals surface area contributed by atoms with Gasteiger partial charge in [-0.25, -0.2) is 8.78 Å². The lowest BCUT2D eigenvalue weighted by molar-refractivity contribution is -0.139. The Kier molecular flexibility index (Phi) is 5.19. The fraction of sp³-hybridized carbons (Fsp3) is 0.400. The van der Waals surface area contributed by atoms with E-state index in [4.69, 9.17) is 5.73 Å². The maximum absolute atomic E-state index is 12.6. The third-order valence-corrected chi connectivity index (χ3v) is 3.41. The maximum Gasteiger partial charge on any atom is 0.310 e. The zero-order valence-electron chi connectivity index (χ0n) is 9.04. The number of rotatable bonds is 4. The molecule has 0 saturated heterocycles. The first-order chi connectivity index (χ1) is 8.01. The minimum atomic E-state index is -2.65. The lowest BCUT2D eigenvalue weighted by Gasteiger charge is -2.12. The Morgan fingerprint density at radius 3 is 2.76 bits per heavy atom. The normalized spacial score (nSPS) is 10.7. The molecule has 94 valence electrons. The summed E-state index contributed by atoms with van der Waals surface area (Å²) in [6.07, 6.45) is -1.42. The lowest BCUT2D eigenvalue weighted by atomic mass is 10.1. The zero-order chi connectivity index (χ0) is 13.0. The minimum absolute atomic E-state index is 0.0183. The lowest BCUT2D eigenvalue weighted by Crippen LogP contribution is -2.13. The van der Waals surface area contributed by atoms with E-state index in [1.54, 1.807) is 22.6 Å². The van der Waals surface area contributed by atoms with Gasteiger partial charge in [-0.1, -0.05) is 0 Å². The van der Waals surface area contributed by atoms with Gasteiger partial charge in [0.05, 0.1) is 13.5 Å². The number of carbonyl (C=O) groups is 1. The van der Waals surface area contributed by atoms with Gasteiger partial charge < -0.3 is 10.5 Å². The van der Waals surface area contributed by atoms with E-state index in [9.17, 15) is 13.6 Å². The second-order valence-electron chi connectivity index (χ2n) is 3.22. The quantitative estimate of drug-likeness (QED) is 0.660. The standard InChI is InChI=1S/C10H11F2IN2O2/c1-17-7(16)2-5-4-15-9(10(11)12)8(13)6(5)3-14/h4,10H,2-3,14H2,1H3. The van der Waals surface area contributed by atoms with Crippen LogP contribution in [0.5, 0.6) is 0 Å². The molecule has 0 aliphatic heterocycles. The molecule has 0 unspecified atom stereocenters. The van der Waals surface area contributed by atoms with Crippen molar-refractivity contribution in [2.75, 3.05) is 7.11 Å². The van der Waals surface area contributed by atoms with E-state index in [0.29, 0.717) is 14.7 Å². The van der Waals surface area contributed by atoms with Crippen LogP contribution in [0.15, 0.2) is 6.20 Å². The van der Waals surface area contributed by atoms with Crippen molar-refractivity contribution in [3.8, 4) is 0 Å². The number of nitrogens with two attached hydrogens (primary N) is 1. The van der Waals surface area contributed by atoms with Crippen molar-refractivity contribution in [3.05, 3.63) is 26.6 Å². The molecule has 0 bridgehead atoms. The fourth-order valence-corrected chi connectivity index (χ4v) is 2.27. The Labute approximate surface area is 111 Å². The van der Waals surface area contributed by atoms with Crippen molar-refractivity contribution in [3.63, 3.8) is 0 Å². The van der Waals surface area contributed by atoms with Gasteiger partial charge in [0.1, 0.15) is 5.69 Å². The molecule has 0 spiro atoms. The summed E-state index contributed by atoms with van der Waals surface area (Å²) in [5, 5.41) is 0. The molecule has 0 aliphatic rings. The Morgan fingerprint density at radius 1 is 1.65 bits per heavy atom. The van der Waals surface area contributed by atoms with Gasteiger partial charge in [-0.3, -0.25) is 9.78 Å². The summed E-state index contributed by atoms with van der Waals surface area (Å²) in [5.41, 5.74) is 6.24. The van der Waals surface area contributed by atoms with Crippen LogP contribution in [0.1, 0.15) is 23.2 Å². The Bertz CT molecular complexity index is 427. The smallest absolute Gasteiger partial charge is 0.310 e. The molecule has 17 heavy (non-hydrogen) atoms. The molecule has 2 N–H and O–H groups in total. The van der Waals surface area contributed by atoms with Crippen LogP contribution in [0.25, 0.3) is 0 Å². The number of nitrogens with zero attached hydrogens (tertiary/aromatic N) is 1. The number of hydrogen-bond acceptors (Lipinski definition) is 4. The molecule has 0 aromatic carbocycles. The highest BCUT2D eigenvalue weighted by molar-refractivity contribution is 14.1. The van der Waals surface area contributed by atoms with E-state index in [1.807, 2.05) is 0 Å². The first-order valence-corrected chi connectivity index (χ1v) is 5.80. The van der Waals surface area contributed by atoms with E-state index < -0.39 is 12.4 Å². The van der Waals surface area contributed by atoms with Crippen molar-refractivity contribution >= 4 is 28.6 Å². The summed E-state index contributed by atoms with van der Waals surface area (Å²) in [7, 11) is 1.26. The third-order valence-electron chi connectivity index (χ3n) is 2.21. The molecule has 0 radical (unpaired) electrons. The van der Waals surface area contributed by atoms with Crippen LogP contribution in [0.3, 0.4) is 0 Å². The summed E-state index contributed by atoms with van der Waals surface area (Å²) in [4.78, 5) is 14.8. The molecule has 1 rings (SSSR count). The highest BCUT2D eigenvalue weighted by atomic mass is 127. The van der Waals surface area contributed by atoms with Crippen molar-refractivity contribution in [2.45, 2.75) is 19.4 Å². The number of aromatic nitrogens is 1. The van der Waals surface area contributed by atoms with Gasteiger partial charge in [-0.2, -0.15) is 0 Å². The van der Waals surface area contributed by atoms with Crippen molar-refractivity contribution < 1.29 is 18.3 Å². The van der Waals surface area contributed by atoms with Gasteiger partial charge >= 0.3 is 5.97 Å². The number of alkyl halides is 2. The number of ether oxygens (including phenoxy) is 1. The zero-order valence-corrected chi connectivity index (χ0v) is 11.2. The van der Waals surface area contributed by atoms with Crippen molar-refractivity contribution in [2.24, 2.45) is 5.73 Å². The van der Waals surface area contributed by atoms with Gasteiger partial charge in [0, 0.05) is 16.3 Å². The van der Waals surface area contributed by atoms with Crippen LogP contribution in [0, 0.1) is 3.57 Å². The second kappa shape index (κ2) is 6.20. The van der Waals surface area contributed by atoms with E-state index in [0.717, 1.165) is 0 Å². The van der Waals surface area contributed by atoms with Crippen LogP contribution in [0.4, 0.5) is 8.78 Å². The predicted molar refractivity (Wildman–Crippen MR) is 65.5 cm³/mol. The molecule has 0 fully saturated rings. The minimum Gasteiger partial charge on any atom is -0.469 e. The summed E-state index contributed by atoms with van der Waals surface area (Å²) >= 11 is 1.77. The maximum atomic E-state index is 12.6. The third kappa shape index (κ3) is 3.32. The van der Waals surface area contributed by atoms with Crippen molar-refractivity contribution in [1.82, 2.24) is 4.98 Å². The summed E-state index contributed by atoms with van der Waals surface area (Å²) < 4.78 is 30.0. The molecule has 4 nitrogen and oxygen atoms in total. The first-order valence-electron chi connectivity index (χ1n) is 4.72. The van der Waals surface area contributed by atoms with E-state index in [2.05, 4.69) is 9.72 Å². The van der Waals surface area contributed by atoms with Gasteiger partial charge in [0.25, 0.3) is 6.43 Å². The SMILES string of the molecule is COC(=O)Cc1cnc(C(F)F)c(I)c1CN. The molecule has 7 heteroatoms. The Balaban J connectivity index is 3.16. The summed E-state index contributed by atoms with van der Waals surface area (Å²) in [5.74, 6) is -0.456. The van der Waals surface area contributed by atoms with Gasteiger partial charge in [-0.05, 0) is 33.7 Å². The van der Waals surface area contributed by atoms with Gasteiger partial charge in [0.15, 0.2) is 0 Å². The fourth-order valence-electron chi connectivity index (χ4n) is 1.33. The molecular weight excluding hydrogens is 345 g/mol. The van der Waals surface area contributed by atoms with E-state index >= 15 is 0 Å². The largest absolute Gasteiger partial charge is 0.469 e. The van der Waals surface area contributed by atoms with Crippen LogP contribution < -0.4 is 5.73 Å². The molecule has 0 amide bonds. The topological polar surface area (TPSA) is 65.2 Å². The molecule has 0 saturated carbocycles. The molecular formula is C10H11F2IN2O2. The van der Waals surface area contributed by atoms with Crippen LogP contribution in [0.2, 0.25) is 0 Å². The molecule has 0 aliphatic carbocycles. The molecule has 1 aromatic heterocycles. The monoisotopic (exact) mass is 356 g/mol. The van der Waals surface area contributed by atoms with E-state index in [-0.39, 0.29) is 18.7 Å². The van der Waals surface area contributed by atoms with Gasteiger partial charge in [-0.15, -0.1) is 0 Å².